The minimum atomic E-state index is -0.243. The van der Waals surface area contributed by atoms with Crippen LogP contribution in [-0.4, -0.2) is 30.2 Å². The molecule has 1 rings (SSSR count). The summed E-state index contributed by atoms with van der Waals surface area (Å²) in [4.78, 5) is 0. The van der Waals surface area contributed by atoms with Crippen molar-refractivity contribution in [3.63, 3.8) is 0 Å². The Bertz CT molecular complexity index is 112. The smallest absolute Gasteiger partial charge is 0.160 e. The SMILES string of the molecule is CC(C)OC1CC(O)CCO1. The first-order valence-electron chi connectivity index (χ1n) is 4.13. The highest BCUT2D eigenvalue weighted by Crippen LogP contribution is 2.15. The average Bonchev–Trinajstić information content (AvgIpc) is 1.85. The number of rotatable bonds is 2. The van der Waals surface area contributed by atoms with Crippen molar-refractivity contribution in [2.45, 2.75) is 45.2 Å². The standard InChI is InChI=1S/C8H16O3/c1-6(2)11-8-5-7(9)3-4-10-8/h6-9H,3-5H2,1-2H3. The van der Waals surface area contributed by atoms with E-state index in [9.17, 15) is 5.11 Å². The van der Waals surface area contributed by atoms with E-state index in [4.69, 9.17) is 9.47 Å². The van der Waals surface area contributed by atoms with Crippen LogP contribution in [0.25, 0.3) is 0 Å². The summed E-state index contributed by atoms with van der Waals surface area (Å²) in [6.07, 6.45) is 1.08. The van der Waals surface area contributed by atoms with Crippen LogP contribution >= 0.6 is 0 Å². The maximum atomic E-state index is 9.23. The zero-order valence-electron chi connectivity index (χ0n) is 7.12. The lowest BCUT2D eigenvalue weighted by Gasteiger charge is -2.27. The predicted octanol–water partition coefficient (Wildman–Crippen LogP) is 0.909. The van der Waals surface area contributed by atoms with Gasteiger partial charge in [-0.05, 0) is 20.3 Å². The van der Waals surface area contributed by atoms with Crippen LogP contribution in [0.2, 0.25) is 0 Å². The molecule has 2 unspecified atom stereocenters. The molecule has 0 aromatic carbocycles. The molecular formula is C8H16O3. The van der Waals surface area contributed by atoms with Gasteiger partial charge in [-0.1, -0.05) is 0 Å². The third kappa shape index (κ3) is 3.18. The zero-order valence-corrected chi connectivity index (χ0v) is 7.12. The minimum Gasteiger partial charge on any atom is -0.393 e. The second-order valence-electron chi connectivity index (χ2n) is 3.16. The van der Waals surface area contributed by atoms with Crippen LogP contribution in [0.5, 0.6) is 0 Å². The molecule has 2 atom stereocenters. The fourth-order valence-electron chi connectivity index (χ4n) is 1.14. The van der Waals surface area contributed by atoms with Crippen molar-refractivity contribution in [3.05, 3.63) is 0 Å². The Hall–Kier alpha value is -0.120. The quantitative estimate of drug-likeness (QED) is 0.652. The number of aliphatic hydroxyl groups excluding tert-OH is 1. The summed E-state index contributed by atoms with van der Waals surface area (Å²) in [6, 6.07) is 0. The fourth-order valence-corrected chi connectivity index (χ4v) is 1.14. The van der Waals surface area contributed by atoms with Gasteiger partial charge >= 0.3 is 0 Å². The zero-order chi connectivity index (χ0) is 8.27. The summed E-state index contributed by atoms with van der Waals surface area (Å²) in [5.74, 6) is 0. The van der Waals surface area contributed by atoms with Crippen LogP contribution in [0, 0.1) is 0 Å². The third-order valence-corrected chi connectivity index (χ3v) is 1.64. The highest BCUT2D eigenvalue weighted by atomic mass is 16.7. The van der Waals surface area contributed by atoms with Gasteiger partial charge < -0.3 is 14.6 Å². The van der Waals surface area contributed by atoms with E-state index in [-0.39, 0.29) is 18.5 Å². The molecule has 0 saturated carbocycles. The Balaban J connectivity index is 2.23. The van der Waals surface area contributed by atoms with Crippen LogP contribution in [-0.2, 0) is 9.47 Å². The van der Waals surface area contributed by atoms with Crippen molar-refractivity contribution in [1.82, 2.24) is 0 Å². The Morgan fingerprint density at radius 2 is 2.27 bits per heavy atom. The molecule has 0 aromatic heterocycles. The highest BCUT2D eigenvalue weighted by molar-refractivity contribution is 4.64. The van der Waals surface area contributed by atoms with Crippen LogP contribution in [0.4, 0.5) is 0 Å². The van der Waals surface area contributed by atoms with E-state index in [0.717, 1.165) is 6.42 Å². The molecular weight excluding hydrogens is 144 g/mol. The van der Waals surface area contributed by atoms with Gasteiger partial charge in [0.2, 0.25) is 0 Å². The molecule has 11 heavy (non-hydrogen) atoms. The number of ether oxygens (including phenoxy) is 2. The maximum absolute atomic E-state index is 9.23. The average molecular weight is 160 g/mol. The maximum Gasteiger partial charge on any atom is 0.160 e. The summed E-state index contributed by atoms with van der Waals surface area (Å²) < 4.78 is 10.7. The molecule has 0 spiro atoms. The largest absolute Gasteiger partial charge is 0.393 e. The van der Waals surface area contributed by atoms with Crippen molar-refractivity contribution in [1.29, 1.82) is 0 Å². The summed E-state index contributed by atoms with van der Waals surface area (Å²) in [6.45, 7) is 4.53. The number of hydrogen-bond donors (Lipinski definition) is 1. The predicted molar refractivity (Wildman–Crippen MR) is 41.2 cm³/mol. The van der Waals surface area contributed by atoms with Crippen molar-refractivity contribution in [3.8, 4) is 0 Å². The van der Waals surface area contributed by atoms with Gasteiger partial charge in [-0.25, -0.2) is 0 Å². The first kappa shape index (κ1) is 8.97. The second kappa shape index (κ2) is 4.04. The van der Waals surface area contributed by atoms with Crippen LogP contribution < -0.4 is 0 Å². The summed E-state index contributed by atoms with van der Waals surface area (Å²) in [5.41, 5.74) is 0. The van der Waals surface area contributed by atoms with E-state index in [0.29, 0.717) is 13.0 Å². The summed E-state index contributed by atoms with van der Waals surface area (Å²) in [7, 11) is 0. The molecule has 1 saturated heterocycles. The van der Waals surface area contributed by atoms with Gasteiger partial charge in [0.05, 0.1) is 18.8 Å². The van der Waals surface area contributed by atoms with Gasteiger partial charge in [0.25, 0.3) is 0 Å². The molecule has 0 aliphatic carbocycles. The molecule has 1 aliphatic rings. The molecule has 3 nitrogen and oxygen atoms in total. The van der Waals surface area contributed by atoms with Crippen LogP contribution in [0.3, 0.4) is 0 Å². The minimum absolute atomic E-state index is 0.172. The van der Waals surface area contributed by atoms with E-state index < -0.39 is 0 Å². The molecule has 0 radical (unpaired) electrons. The molecule has 0 amide bonds. The van der Waals surface area contributed by atoms with Crippen LogP contribution in [0.15, 0.2) is 0 Å². The molecule has 1 heterocycles. The monoisotopic (exact) mass is 160 g/mol. The molecule has 1 fully saturated rings. The summed E-state index contributed by atoms with van der Waals surface area (Å²) in [5, 5.41) is 9.23. The topological polar surface area (TPSA) is 38.7 Å². The van der Waals surface area contributed by atoms with E-state index in [1.54, 1.807) is 0 Å². The van der Waals surface area contributed by atoms with Crippen molar-refractivity contribution in [2.24, 2.45) is 0 Å². The Morgan fingerprint density at radius 3 is 2.82 bits per heavy atom. The van der Waals surface area contributed by atoms with Crippen LogP contribution in [0.1, 0.15) is 26.7 Å². The van der Waals surface area contributed by atoms with E-state index in [2.05, 4.69) is 0 Å². The number of hydrogen-bond acceptors (Lipinski definition) is 3. The molecule has 3 heteroatoms. The second-order valence-corrected chi connectivity index (χ2v) is 3.16. The van der Waals surface area contributed by atoms with Gasteiger partial charge in [0.1, 0.15) is 0 Å². The Kier molecular flexibility index (Phi) is 3.30. The van der Waals surface area contributed by atoms with Crippen molar-refractivity contribution < 1.29 is 14.6 Å². The van der Waals surface area contributed by atoms with E-state index in [1.165, 1.54) is 0 Å². The van der Waals surface area contributed by atoms with Gasteiger partial charge in [0, 0.05) is 6.42 Å². The van der Waals surface area contributed by atoms with Crippen molar-refractivity contribution in [2.75, 3.05) is 6.61 Å². The van der Waals surface area contributed by atoms with Gasteiger partial charge in [-0.15, -0.1) is 0 Å². The first-order chi connectivity index (χ1) is 5.18. The number of aliphatic hydroxyl groups is 1. The highest BCUT2D eigenvalue weighted by Gasteiger charge is 2.21. The molecule has 0 aromatic rings. The fraction of sp³-hybridized carbons (Fsp3) is 1.00. The van der Waals surface area contributed by atoms with Gasteiger partial charge in [-0.2, -0.15) is 0 Å². The summed E-state index contributed by atoms with van der Waals surface area (Å²) >= 11 is 0. The third-order valence-electron chi connectivity index (χ3n) is 1.64. The lowest BCUT2D eigenvalue weighted by atomic mass is 10.1. The van der Waals surface area contributed by atoms with Crippen molar-refractivity contribution >= 4 is 0 Å². The molecule has 1 aliphatic heterocycles. The Labute approximate surface area is 67.3 Å². The van der Waals surface area contributed by atoms with Gasteiger partial charge in [0.15, 0.2) is 6.29 Å². The molecule has 1 N–H and O–H groups in total. The Morgan fingerprint density at radius 1 is 1.55 bits per heavy atom. The molecule has 0 bridgehead atoms. The lowest BCUT2D eigenvalue weighted by Crippen LogP contribution is -2.32. The molecule has 66 valence electrons. The van der Waals surface area contributed by atoms with E-state index >= 15 is 0 Å². The normalized spacial score (nSPS) is 32.7. The van der Waals surface area contributed by atoms with E-state index in [1.807, 2.05) is 13.8 Å². The lowest BCUT2D eigenvalue weighted by molar-refractivity contribution is -0.200. The van der Waals surface area contributed by atoms with Gasteiger partial charge in [-0.3, -0.25) is 0 Å². The first-order valence-corrected chi connectivity index (χ1v) is 4.13.